The van der Waals surface area contributed by atoms with Gasteiger partial charge in [0, 0.05) is 19.1 Å². The summed E-state index contributed by atoms with van der Waals surface area (Å²) in [6, 6.07) is 4.77. The Labute approximate surface area is 145 Å². The number of carbonyl (C=O) groups excluding carboxylic acids is 1. The van der Waals surface area contributed by atoms with Crippen LogP contribution in [0.3, 0.4) is 0 Å². The van der Waals surface area contributed by atoms with Crippen molar-refractivity contribution in [3.8, 4) is 5.75 Å². The molecule has 2 rings (SSSR count). The maximum Gasteiger partial charge on any atom is 0.257 e. The van der Waals surface area contributed by atoms with Gasteiger partial charge in [-0.05, 0) is 66.9 Å². The fourth-order valence-electron chi connectivity index (χ4n) is 2.79. The van der Waals surface area contributed by atoms with Crippen molar-refractivity contribution in [2.45, 2.75) is 38.6 Å². The van der Waals surface area contributed by atoms with Crippen LogP contribution in [-0.4, -0.2) is 43.1 Å². The Morgan fingerprint density at radius 3 is 3.04 bits per heavy atom. The van der Waals surface area contributed by atoms with E-state index in [0.29, 0.717) is 22.8 Å². The molecule has 1 aliphatic heterocycles. The molecule has 0 saturated carbocycles. The molecule has 1 aromatic rings. The highest BCUT2D eigenvalue weighted by atomic mass is 79.9. The van der Waals surface area contributed by atoms with E-state index in [1.165, 1.54) is 37.5 Å². The molecular weight excluding hydrogens is 363 g/mol. The molecule has 1 atom stereocenters. The third kappa shape index (κ3) is 6.11. The lowest BCUT2D eigenvalue weighted by Crippen LogP contribution is -2.39. The Morgan fingerprint density at radius 2 is 2.30 bits per heavy atom. The van der Waals surface area contributed by atoms with Crippen LogP contribution in [0.4, 0.5) is 4.39 Å². The summed E-state index contributed by atoms with van der Waals surface area (Å²) >= 11 is 3.21. The summed E-state index contributed by atoms with van der Waals surface area (Å²) in [7, 11) is 0. The number of carbonyl (C=O) groups is 1. The van der Waals surface area contributed by atoms with Gasteiger partial charge in [0.05, 0.1) is 4.47 Å². The van der Waals surface area contributed by atoms with Crippen LogP contribution in [0.5, 0.6) is 5.75 Å². The number of rotatable bonds is 7. The molecule has 1 amide bonds. The van der Waals surface area contributed by atoms with Gasteiger partial charge in [-0.15, -0.1) is 0 Å². The first-order chi connectivity index (χ1) is 11.1. The lowest BCUT2D eigenvalue weighted by Gasteiger charge is -2.33. The zero-order valence-electron chi connectivity index (χ0n) is 13.5. The van der Waals surface area contributed by atoms with E-state index in [1.807, 2.05) is 0 Å². The topological polar surface area (TPSA) is 41.6 Å². The van der Waals surface area contributed by atoms with Crippen molar-refractivity contribution < 1.29 is 13.9 Å². The van der Waals surface area contributed by atoms with Crippen molar-refractivity contribution >= 4 is 21.8 Å². The summed E-state index contributed by atoms with van der Waals surface area (Å²) in [5, 5.41) is 2.86. The monoisotopic (exact) mass is 386 g/mol. The minimum absolute atomic E-state index is 0.0651. The lowest BCUT2D eigenvalue weighted by molar-refractivity contribution is -0.123. The molecule has 1 aliphatic rings. The molecule has 1 fully saturated rings. The van der Waals surface area contributed by atoms with E-state index in [-0.39, 0.29) is 18.3 Å². The van der Waals surface area contributed by atoms with Crippen molar-refractivity contribution in [1.29, 1.82) is 0 Å². The van der Waals surface area contributed by atoms with Crippen LogP contribution < -0.4 is 10.1 Å². The Bertz CT molecular complexity index is 527. The molecule has 4 nitrogen and oxygen atoms in total. The number of piperidine rings is 1. The van der Waals surface area contributed by atoms with Gasteiger partial charge in [-0.1, -0.05) is 6.42 Å². The first-order valence-electron chi connectivity index (χ1n) is 8.15. The first-order valence-corrected chi connectivity index (χ1v) is 8.94. The number of ether oxygens (including phenoxy) is 1. The number of benzene rings is 1. The fraction of sp³-hybridized carbons (Fsp3) is 0.588. The van der Waals surface area contributed by atoms with Gasteiger partial charge in [0.1, 0.15) is 11.6 Å². The first kappa shape index (κ1) is 18.2. The second-order valence-corrected chi connectivity index (χ2v) is 6.80. The smallest absolute Gasteiger partial charge is 0.257 e. The van der Waals surface area contributed by atoms with Gasteiger partial charge < -0.3 is 15.0 Å². The minimum Gasteiger partial charge on any atom is -0.483 e. The zero-order valence-corrected chi connectivity index (χ0v) is 15.1. The van der Waals surface area contributed by atoms with Crippen molar-refractivity contribution in [2.75, 3.05) is 26.2 Å². The van der Waals surface area contributed by atoms with E-state index < -0.39 is 0 Å². The number of halogens is 2. The molecule has 1 N–H and O–H groups in total. The summed E-state index contributed by atoms with van der Waals surface area (Å²) in [6.45, 7) is 5.04. The van der Waals surface area contributed by atoms with E-state index in [4.69, 9.17) is 4.74 Å². The Kier molecular flexibility index (Phi) is 7.30. The van der Waals surface area contributed by atoms with Gasteiger partial charge >= 0.3 is 0 Å². The number of hydrogen-bond donors (Lipinski definition) is 1. The van der Waals surface area contributed by atoms with Crippen LogP contribution in [0.15, 0.2) is 22.7 Å². The zero-order chi connectivity index (χ0) is 16.7. The second-order valence-electron chi connectivity index (χ2n) is 5.95. The summed E-state index contributed by atoms with van der Waals surface area (Å²) in [6.07, 6.45) is 4.81. The summed E-state index contributed by atoms with van der Waals surface area (Å²) in [4.78, 5) is 14.3. The Hall–Kier alpha value is -1.14. The van der Waals surface area contributed by atoms with Gasteiger partial charge in [-0.3, -0.25) is 4.79 Å². The fourth-order valence-corrected chi connectivity index (χ4v) is 3.25. The van der Waals surface area contributed by atoms with Crippen molar-refractivity contribution in [2.24, 2.45) is 0 Å². The molecule has 6 heteroatoms. The van der Waals surface area contributed by atoms with Gasteiger partial charge in [0.2, 0.25) is 0 Å². The van der Waals surface area contributed by atoms with Gasteiger partial charge in [-0.25, -0.2) is 4.39 Å². The average molecular weight is 387 g/mol. The SMILES string of the molecule is C[C@@H]1CCCCN1CCCNC(=O)COc1ccc(F)cc1Br. The predicted molar refractivity (Wildman–Crippen MR) is 92.1 cm³/mol. The highest BCUT2D eigenvalue weighted by molar-refractivity contribution is 9.10. The van der Waals surface area contributed by atoms with Gasteiger partial charge in [0.25, 0.3) is 5.91 Å². The van der Waals surface area contributed by atoms with Gasteiger partial charge in [-0.2, -0.15) is 0 Å². The normalized spacial score (nSPS) is 18.7. The Morgan fingerprint density at radius 1 is 1.48 bits per heavy atom. The highest BCUT2D eigenvalue weighted by Crippen LogP contribution is 2.25. The largest absolute Gasteiger partial charge is 0.483 e. The summed E-state index contributed by atoms with van der Waals surface area (Å²) < 4.78 is 18.8. The molecule has 128 valence electrons. The highest BCUT2D eigenvalue weighted by Gasteiger charge is 2.17. The van der Waals surface area contributed by atoms with E-state index in [0.717, 1.165) is 19.5 Å². The van der Waals surface area contributed by atoms with Crippen LogP contribution in [0.2, 0.25) is 0 Å². The van der Waals surface area contributed by atoms with Crippen molar-refractivity contribution in [3.05, 3.63) is 28.5 Å². The maximum absolute atomic E-state index is 13.0. The molecule has 0 radical (unpaired) electrons. The molecular formula is C17H24BrFN2O2. The molecule has 0 bridgehead atoms. The van der Waals surface area contributed by atoms with Gasteiger partial charge in [0.15, 0.2) is 6.61 Å². The Balaban J connectivity index is 1.61. The quantitative estimate of drug-likeness (QED) is 0.730. The molecule has 1 aromatic carbocycles. The van der Waals surface area contributed by atoms with E-state index in [1.54, 1.807) is 0 Å². The second kappa shape index (κ2) is 9.23. The molecule has 0 spiro atoms. The average Bonchev–Trinajstić information content (AvgIpc) is 2.52. The minimum atomic E-state index is -0.347. The number of nitrogens with zero attached hydrogens (tertiary/aromatic N) is 1. The van der Waals surface area contributed by atoms with Crippen LogP contribution in [0.1, 0.15) is 32.6 Å². The van der Waals surface area contributed by atoms with Crippen molar-refractivity contribution in [1.82, 2.24) is 10.2 Å². The lowest BCUT2D eigenvalue weighted by atomic mass is 10.0. The van der Waals surface area contributed by atoms with Crippen LogP contribution in [0, 0.1) is 5.82 Å². The molecule has 0 aliphatic carbocycles. The molecule has 0 aromatic heterocycles. The molecule has 0 unspecified atom stereocenters. The maximum atomic E-state index is 13.0. The van der Waals surface area contributed by atoms with E-state index in [9.17, 15) is 9.18 Å². The number of nitrogens with one attached hydrogen (secondary N) is 1. The number of amides is 1. The van der Waals surface area contributed by atoms with Crippen LogP contribution in [-0.2, 0) is 4.79 Å². The van der Waals surface area contributed by atoms with Crippen LogP contribution >= 0.6 is 15.9 Å². The van der Waals surface area contributed by atoms with E-state index >= 15 is 0 Å². The number of hydrogen-bond acceptors (Lipinski definition) is 3. The third-order valence-electron chi connectivity index (χ3n) is 4.14. The molecule has 23 heavy (non-hydrogen) atoms. The molecule has 1 saturated heterocycles. The molecule has 1 heterocycles. The van der Waals surface area contributed by atoms with E-state index in [2.05, 4.69) is 33.1 Å². The number of likely N-dealkylation sites (tertiary alicyclic amines) is 1. The van der Waals surface area contributed by atoms with Crippen molar-refractivity contribution in [3.63, 3.8) is 0 Å². The summed E-state index contributed by atoms with van der Waals surface area (Å²) in [5.41, 5.74) is 0. The predicted octanol–water partition coefficient (Wildman–Crippen LogP) is 3.35. The third-order valence-corrected chi connectivity index (χ3v) is 4.76. The standard InChI is InChI=1S/C17H24BrFN2O2/c1-13-5-2-3-9-21(13)10-4-8-20-17(22)12-23-16-7-6-14(19)11-15(16)18/h6-7,11,13H,2-5,8-10,12H2,1H3,(H,20,22)/t13-/m1/s1. The summed E-state index contributed by atoms with van der Waals surface area (Å²) in [5.74, 6) is -0.0442. The van der Waals surface area contributed by atoms with Crippen LogP contribution in [0.25, 0.3) is 0 Å².